The molecule has 1 aromatic rings. The van der Waals surface area contributed by atoms with Gasteiger partial charge in [-0.15, -0.1) is 0 Å². The van der Waals surface area contributed by atoms with Gasteiger partial charge in [-0.05, 0) is 63.9 Å². The maximum atomic E-state index is 13.5. The second-order valence-corrected chi connectivity index (χ2v) is 13.0. The largest absolute Gasteiger partial charge is 0.416 e. The number of carbonyl (C=O) groups is 1. The number of nitrogens with one attached hydrogen (secondary N) is 2. The monoisotopic (exact) mass is 481 g/mol. The van der Waals surface area contributed by atoms with Crippen molar-refractivity contribution in [2.24, 2.45) is 5.92 Å². The van der Waals surface area contributed by atoms with Crippen LogP contribution >= 0.6 is 0 Å². The number of hydrogen-bond acceptors (Lipinski definition) is 3. The second-order valence-electron chi connectivity index (χ2n) is 9.74. The summed E-state index contributed by atoms with van der Waals surface area (Å²) in [6.45, 7) is 10.6. The van der Waals surface area contributed by atoms with Crippen LogP contribution in [0.3, 0.4) is 0 Å². The lowest BCUT2D eigenvalue weighted by Gasteiger charge is -2.41. The van der Waals surface area contributed by atoms with E-state index in [9.17, 15) is 26.6 Å². The number of rotatable bonds is 8. The van der Waals surface area contributed by atoms with Gasteiger partial charge in [0, 0.05) is 35.7 Å². The summed E-state index contributed by atoms with van der Waals surface area (Å²) in [7, 11) is -2.46. The fraction of sp³-hybridized carbons (Fsp3) is 0.682. The summed E-state index contributed by atoms with van der Waals surface area (Å²) < 4.78 is 68.1. The Morgan fingerprint density at radius 1 is 1.19 bits per heavy atom. The SMILES string of the molecule is CC(C)[SH](C)(=O)NC(C)(C)CN1CCC(CNC(=O)c2cc(F)cc(C(F)(F)F)c2)CC1. The number of benzene rings is 1. The van der Waals surface area contributed by atoms with Gasteiger partial charge in [0.25, 0.3) is 5.91 Å². The molecule has 0 aromatic heterocycles. The summed E-state index contributed by atoms with van der Waals surface area (Å²) in [6, 6.07) is 1.85. The van der Waals surface area contributed by atoms with Crippen molar-refractivity contribution in [3.63, 3.8) is 0 Å². The van der Waals surface area contributed by atoms with Gasteiger partial charge in [0.2, 0.25) is 0 Å². The topological polar surface area (TPSA) is 61.4 Å². The van der Waals surface area contributed by atoms with Crippen LogP contribution < -0.4 is 10.0 Å². The van der Waals surface area contributed by atoms with Gasteiger partial charge in [-0.3, -0.25) is 13.7 Å². The van der Waals surface area contributed by atoms with Gasteiger partial charge >= 0.3 is 6.18 Å². The van der Waals surface area contributed by atoms with E-state index in [2.05, 4.69) is 14.9 Å². The molecule has 0 aliphatic carbocycles. The Kier molecular flexibility index (Phi) is 8.50. The summed E-state index contributed by atoms with van der Waals surface area (Å²) in [6.07, 6.45) is -1.31. The van der Waals surface area contributed by atoms with E-state index < -0.39 is 33.6 Å². The molecule has 0 spiro atoms. The van der Waals surface area contributed by atoms with Crippen molar-refractivity contribution >= 4 is 16.0 Å². The van der Waals surface area contributed by atoms with Crippen molar-refractivity contribution in [1.29, 1.82) is 0 Å². The number of piperidine rings is 1. The number of hydrogen-bond donors (Lipinski definition) is 3. The first kappa shape index (κ1) is 26.7. The summed E-state index contributed by atoms with van der Waals surface area (Å²) in [5.74, 6) is -1.62. The van der Waals surface area contributed by atoms with Gasteiger partial charge in [-0.2, -0.15) is 13.2 Å². The van der Waals surface area contributed by atoms with Gasteiger partial charge in [0.1, 0.15) is 5.82 Å². The van der Waals surface area contributed by atoms with Crippen LogP contribution in [0.4, 0.5) is 17.6 Å². The van der Waals surface area contributed by atoms with Gasteiger partial charge in [-0.1, -0.05) is 24.0 Å². The standard InChI is InChI=1S/C22H35F4N3O2S/c1-15(2)32(5,31)28-21(3,4)14-29-8-6-16(7-9-29)13-27-20(30)17-10-18(22(24,25)26)12-19(23)11-17/h10-12,15-16,32H,6-9,13-14H2,1-5H3,(H,27,30)(H,28,31). The normalized spacial score (nSPS) is 17.6. The molecule has 5 nitrogen and oxygen atoms in total. The molecule has 10 heteroatoms. The Morgan fingerprint density at radius 3 is 2.31 bits per heavy atom. The average molecular weight is 482 g/mol. The molecular formula is C22H35F4N3O2S. The van der Waals surface area contributed by atoms with Crippen molar-refractivity contribution in [2.45, 2.75) is 57.5 Å². The Bertz CT molecular complexity index is 850. The Hall–Kier alpha value is -1.52. The van der Waals surface area contributed by atoms with E-state index in [1.165, 1.54) is 0 Å². The lowest BCUT2D eigenvalue weighted by Crippen LogP contribution is -2.56. The van der Waals surface area contributed by atoms with Crippen LogP contribution in [0.1, 0.15) is 56.5 Å². The van der Waals surface area contributed by atoms with Crippen LogP contribution in [0, 0.1) is 11.7 Å². The third-order valence-corrected chi connectivity index (χ3v) is 8.89. The highest BCUT2D eigenvalue weighted by Crippen LogP contribution is 2.30. The van der Waals surface area contributed by atoms with Crippen LogP contribution in [-0.4, -0.2) is 58.2 Å². The molecule has 1 aliphatic heterocycles. The van der Waals surface area contributed by atoms with Gasteiger partial charge in [-0.25, -0.2) is 4.39 Å². The number of amides is 1. The maximum absolute atomic E-state index is 13.5. The fourth-order valence-corrected chi connectivity index (χ4v) is 5.43. The lowest BCUT2D eigenvalue weighted by molar-refractivity contribution is -0.137. The van der Waals surface area contributed by atoms with Crippen LogP contribution in [0.15, 0.2) is 18.2 Å². The first-order valence-corrected chi connectivity index (χ1v) is 13.1. The van der Waals surface area contributed by atoms with E-state index in [0.717, 1.165) is 38.5 Å². The molecule has 0 saturated carbocycles. The van der Waals surface area contributed by atoms with Crippen molar-refractivity contribution < 1.29 is 26.6 Å². The van der Waals surface area contributed by atoms with E-state index in [-0.39, 0.29) is 22.3 Å². The third-order valence-electron chi connectivity index (χ3n) is 5.87. The molecule has 0 unspecified atom stereocenters. The molecule has 1 fully saturated rings. The zero-order chi connectivity index (χ0) is 24.3. The van der Waals surface area contributed by atoms with E-state index in [1.54, 1.807) is 6.26 Å². The molecule has 1 aromatic carbocycles. The highest BCUT2D eigenvalue weighted by Gasteiger charge is 2.32. The first-order chi connectivity index (χ1) is 14.6. The van der Waals surface area contributed by atoms with E-state index in [1.807, 2.05) is 27.7 Å². The Morgan fingerprint density at radius 2 is 1.78 bits per heavy atom. The van der Waals surface area contributed by atoms with Gasteiger partial charge < -0.3 is 10.2 Å². The number of carbonyl (C=O) groups excluding carboxylic acids is 1. The minimum Gasteiger partial charge on any atom is -0.352 e. The number of halogens is 4. The lowest BCUT2D eigenvalue weighted by atomic mass is 9.95. The molecular weight excluding hydrogens is 446 g/mol. The van der Waals surface area contributed by atoms with E-state index >= 15 is 0 Å². The maximum Gasteiger partial charge on any atom is 0.416 e. The molecule has 1 amide bonds. The predicted octanol–water partition coefficient (Wildman–Crippen LogP) is 3.62. The van der Waals surface area contributed by atoms with Crippen LogP contribution in [-0.2, 0) is 16.3 Å². The molecule has 1 heterocycles. The highest BCUT2D eigenvalue weighted by atomic mass is 32.3. The number of likely N-dealkylation sites (tertiary alicyclic amines) is 1. The highest BCUT2D eigenvalue weighted by molar-refractivity contribution is 8.01. The molecule has 0 radical (unpaired) electrons. The zero-order valence-electron chi connectivity index (χ0n) is 19.4. The zero-order valence-corrected chi connectivity index (χ0v) is 20.2. The predicted molar refractivity (Wildman–Crippen MR) is 121 cm³/mol. The molecule has 2 N–H and O–H groups in total. The van der Waals surface area contributed by atoms with E-state index in [4.69, 9.17) is 0 Å². The quantitative estimate of drug-likeness (QED) is 0.393. The number of nitrogens with zero attached hydrogens (tertiary/aromatic N) is 1. The Labute approximate surface area is 188 Å². The van der Waals surface area contributed by atoms with Gasteiger partial charge in [0.05, 0.1) is 5.56 Å². The summed E-state index contributed by atoms with van der Waals surface area (Å²) in [5.41, 5.74) is -1.83. The van der Waals surface area contributed by atoms with Crippen LogP contribution in [0.2, 0.25) is 0 Å². The molecule has 2 rings (SSSR count). The molecule has 184 valence electrons. The third kappa shape index (κ3) is 7.81. The summed E-state index contributed by atoms with van der Waals surface area (Å²) in [5, 5.41) is 2.70. The molecule has 0 atom stereocenters. The van der Waals surface area contributed by atoms with Crippen LogP contribution in [0.25, 0.3) is 0 Å². The minimum absolute atomic E-state index is 0.0569. The van der Waals surface area contributed by atoms with Crippen molar-refractivity contribution in [3.8, 4) is 0 Å². The molecule has 0 bridgehead atoms. The summed E-state index contributed by atoms with van der Waals surface area (Å²) >= 11 is 0. The molecule has 1 saturated heterocycles. The fourth-order valence-electron chi connectivity index (χ4n) is 3.90. The van der Waals surface area contributed by atoms with E-state index in [0.29, 0.717) is 18.7 Å². The van der Waals surface area contributed by atoms with Crippen molar-refractivity contribution in [3.05, 3.63) is 35.1 Å². The number of alkyl halides is 3. The van der Waals surface area contributed by atoms with Gasteiger partial charge in [0.15, 0.2) is 0 Å². The minimum atomic E-state index is -4.72. The number of thiol groups is 1. The Balaban J connectivity index is 1.85. The van der Waals surface area contributed by atoms with Crippen LogP contribution in [0.5, 0.6) is 0 Å². The summed E-state index contributed by atoms with van der Waals surface area (Å²) in [4.78, 5) is 14.6. The smallest absolute Gasteiger partial charge is 0.352 e. The second kappa shape index (κ2) is 10.2. The molecule has 32 heavy (non-hydrogen) atoms. The van der Waals surface area contributed by atoms with Crippen molar-refractivity contribution in [1.82, 2.24) is 14.9 Å². The first-order valence-electron chi connectivity index (χ1n) is 10.8. The molecule has 1 aliphatic rings. The average Bonchev–Trinajstić information content (AvgIpc) is 2.64. The van der Waals surface area contributed by atoms with Crippen molar-refractivity contribution in [2.75, 3.05) is 32.4 Å².